The Morgan fingerprint density at radius 3 is 2.43 bits per heavy atom. The van der Waals surface area contributed by atoms with Crippen molar-refractivity contribution in [2.24, 2.45) is 0 Å². The molecule has 14 heavy (non-hydrogen) atoms. The molecule has 2 atom stereocenters. The van der Waals surface area contributed by atoms with Crippen LogP contribution in [0.15, 0.2) is 30.3 Å². The third-order valence-corrected chi connectivity index (χ3v) is 2.20. The van der Waals surface area contributed by atoms with E-state index in [4.69, 9.17) is 9.84 Å². The van der Waals surface area contributed by atoms with Gasteiger partial charge in [-0.3, -0.25) is 0 Å². The van der Waals surface area contributed by atoms with Gasteiger partial charge in [0.05, 0.1) is 12.7 Å². The summed E-state index contributed by atoms with van der Waals surface area (Å²) >= 11 is 0. The van der Waals surface area contributed by atoms with E-state index in [0.717, 1.165) is 5.56 Å². The van der Waals surface area contributed by atoms with E-state index in [1.807, 2.05) is 30.3 Å². The summed E-state index contributed by atoms with van der Waals surface area (Å²) in [5.74, 6) is 0. The van der Waals surface area contributed by atoms with Gasteiger partial charge in [-0.25, -0.2) is 0 Å². The first kappa shape index (κ1) is 11.2. The quantitative estimate of drug-likeness (QED) is 0.725. The number of hydrogen-bond donors (Lipinski definition) is 2. The second kappa shape index (κ2) is 5.75. The topological polar surface area (TPSA) is 49.7 Å². The summed E-state index contributed by atoms with van der Waals surface area (Å²) in [6.07, 6.45) is -0.554. The van der Waals surface area contributed by atoms with E-state index in [-0.39, 0.29) is 12.7 Å². The number of methoxy groups -OCH3 is 1. The van der Waals surface area contributed by atoms with Gasteiger partial charge in [0.2, 0.25) is 0 Å². The fraction of sp³-hybridized carbons (Fsp3) is 0.455. The Hall–Kier alpha value is -0.900. The van der Waals surface area contributed by atoms with E-state index < -0.39 is 6.10 Å². The first-order chi connectivity index (χ1) is 6.77. The number of hydrogen-bond acceptors (Lipinski definition) is 3. The smallest absolute Gasteiger partial charge is 0.103 e. The van der Waals surface area contributed by atoms with Crippen LogP contribution in [0, 0.1) is 0 Å². The minimum Gasteiger partial charge on any atom is -0.394 e. The molecular formula is C11H16O3. The summed E-state index contributed by atoms with van der Waals surface area (Å²) in [7, 11) is 1.53. The summed E-state index contributed by atoms with van der Waals surface area (Å²) in [5, 5.41) is 18.2. The van der Waals surface area contributed by atoms with Crippen LogP contribution < -0.4 is 0 Å². The van der Waals surface area contributed by atoms with Crippen molar-refractivity contribution < 1.29 is 14.9 Å². The lowest BCUT2D eigenvalue weighted by Gasteiger charge is -2.19. The van der Waals surface area contributed by atoms with Gasteiger partial charge in [0.25, 0.3) is 0 Å². The lowest BCUT2D eigenvalue weighted by Crippen LogP contribution is -2.32. The van der Waals surface area contributed by atoms with Gasteiger partial charge in [0, 0.05) is 13.5 Å². The Morgan fingerprint density at radius 1 is 1.29 bits per heavy atom. The predicted octanol–water partition coefficient (Wildman–Crippen LogP) is 0.597. The fourth-order valence-electron chi connectivity index (χ4n) is 1.34. The van der Waals surface area contributed by atoms with Gasteiger partial charge in [-0.1, -0.05) is 30.3 Å². The molecule has 0 aliphatic rings. The zero-order valence-corrected chi connectivity index (χ0v) is 8.26. The summed E-state index contributed by atoms with van der Waals surface area (Å²) in [5.41, 5.74) is 1.09. The summed E-state index contributed by atoms with van der Waals surface area (Å²) < 4.78 is 5.10. The number of ether oxygens (including phenoxy) is 1. The van der Waals surface area contributed by atoms with Gasteiger partial charge in [-0.2, -0.15) is 0 Å². The molecule has 2 unspecified atom stereocenters. The Balaban J connectivity index is 2.57. The molecule has 0 heterocycles. The van der Waals surface area contributed by atoms with Crippen LogP contribution in [0.25, 0.3) is 0 Å². The van der Waals surface area contributed by atoms with Crippen LogP contribution in [0.4, 0.5) is 0 Å². The van der Waals surface area contributed by atoms with Crippen LogP contribution in [0.1, 0.15) is 5.56 Å². The highest BCUT2D eigenvalue weighted by molar-refractivity contribution is 5.15. The van der Waals surface area contributed by atoms with E-state index >= 15 is 0 Å². The molecule has 0 saturated heterocycles. The normalized spacial score (nSPS) is 15.1. The van der Waals surface area contributed by atoms with Gasteiger partial charge >= 0.3 is 0 Å². The third-order valence-electron chi connectivity index (χ3n) is 2.20. The maximum absolute atomic E-state index is 9.40. The maximum Gasteiger partial charge on any atom is 0.103 e. The minimum atomic E-state index is -0.819. The van der Waals surface area contributed by atoms with Crippen molar-refractivity contribution in [3.05, 3.63) is 35.9 Å². The number of benzene rings is 1. The van der Waals surface area contributed by atoms with Crippen LogP contribution >= 0.6 is 0 Å². The predicted molar refractivity (Wildman–Crippen MR) is 54.0 cm³/mol. The Morgan fingerprint density at radius 2 is 1.93 bits per heavy atom. The summed E-state index contributed by atoms with van der Waals surface area (Å²) in [6.45, 7) is -0.272. The number of aliphatic hydroxyl groups is 2. The number of aliphatic hydroxyl groups excluding tert-OH is 2. The van der Waals surface area contributed by atoms with Crippen molar-refractivity contribution in [2.75, 3.05) is 13.7 Å². The van der Waals surface area contributed by atoms with Crippen LogP contribution in [-0.2, 0) is 11.2 Å². The molecule has 3 nitrogen and oxygen atoms in total. The van der Waals surface area contributed by atoms with Crippen LogP contribution in [0.5, 0.6) is 0 Å². The van der Waals surface area contributed by atoms with E-state index in [0.29, 0.717) is 6.42 Å². The molecule has 1 aromatic rings. The van der Waals surface area contributed by atoms with Gasteiger partial charge in [-0.05, 0) is 5.56 Å². The highest BCUT2D eigenvalue weighted by Crippen LogP contribution is 2.08. The van der Waals surface area contributed by atoms with Gasteiger partial charge in [-0.15, -0.1) is 0 Å². The zero-order chi connectivity index (χ0) is 10.4. The molecule has 3 heteroatoms. The highest BCUT2D eigenvalue weighted by Gasteiger charge is 2.17. The lowest BCUT2D eigenvalue weighted by atomic mass is 10.0. The fourth-order valence-corrected chi connectivity index (χ4v) is 1.34. The Kier molecular flexibility index (Phi) is 4.59. The summed E-state index contributed by atoms with van der Waals surface area (Å²) in [4.78, 5) is 0. The van der Waals surface area contributed by atoms with Crippen molar-refractivity contribution in [2.45, 2.75) is 18.6 Å². The largest absolute Gasteiger partial charge is 0.394 e. The van der Waals surface area contributed by atoms with Gasteiger partial charge < -0.3 is 14.9 Å². The average molecular weight is 196 g/mol. The van der Waals surface area contributed by atoms with Gasteiger partial charge in [0.1, 0.15) is 6.10 Å². The van der Waals surface area contributed by atoms with Crippen molar-refractivity contribution in [3.63, 3.8) is 0 Å². The van der Waals surface area contributed by atoms with E-state index in [9.17, 15) is 5.11 Å². The Labute approximate surface area is 84.0 Å². The molecule has 0 spiro atoms. The lowest BCUT2D eigenvalue weighted by molar-refractivity contribution is -0.0367. The zero-order valence-electron chi connectivity index (χ0n) is 8.26. The van der Waals surface area contributed by atoms with Crippen LogP contribution in [0.2, 0.25) is 0 Å². The monoisotopic (exact) mass is 196 g/mol. The van der Waals surface area contributed by atoms with Crippen LogP contribution in [0.3, 0.4) is 0 Å². The number of rotatable bonds is 5. The maximum atomic E-state index is 9.40. The molecule has 78 valence electrons. The van der Waals surface area contributed by atoms with E-state index in [2.05, 4.69) is 0 Å². The molecule has 0 saturated carbocycles. The molecule has 0 bridgehead atoms. The Bertz CT molecular complexity index is 248. The molecule has 1 rings (SSSR count). The van der Waals surface area contributed by atoms with Gasteiger partial charge in [0.15, 0.2) is 0 Å². The average Bonchev–Trinajstić information content (AvgIpc) is 2.26. The second-order valence-electron chi connectivity index (χ2n) is 3.21. The molecule has 0 fully saturated rings. The van der Waals surface area contributed by atoms with E-state index in [1.54, 1.807) is 0 Å². The third kappa shape index (κ3) is 3.10. The molecule has 0 aliphatic heterocycles. The first-order valence-corrected chi connectivity index (χ1v) is 4.63. The molecule has 0 amide bonds. The molecule has 0 aromatic heterocycles. The molecular weight excluding hydrogens is 180 g/mol. The summed E-state index contributed by atoms with van der Waals surface area (Å²) in [6, 6.07) is 9.75. The molecule has 1 aromatic carbocycles. The van der Waals surface area contributed by atoms with Crippen molar-refractivity contribution >= 4 is 0 Å². The van der Waals surface area contributed by atoms with E-state index in [1.165, 1.54) is 7.11 Å². The van der Waals surface area contributed by atoms with Crippen molar-refractivity contribution in [1.29, 1.82) is 0 Å². The first-order valence-electron chi connectivity index (χ1n) is 4.63. The van der Waals surface area contributed by atoms with Crippen molar-refractivity contribution in [3.8, 4) is 0 Å². The van der Waals surface area contributed by atoms with Crippen molar-refractivity contribution in [1.82, 2.24) is 0 Å². The SMILES string of the molecule is COC(Cc1ccccc1)C(O)CO. The molecule has 0 aliphatic carbocycles. The molecule has 0 radical (unpaired) electrons. The highest BCUT2D eigenvalue weighted by atomic mass is 16.5. The molecule has 2 N–H and O–H groups in total. The minimum absolute atomic E-state index is 0.272. The standard InChI is InChI=1S/C11H16O3/c1-14-11(10(13)8-12)7-9-5-3-2-4-6-9/h2-6,10-13H,7-8H2,1H3. The van der Waals surface area contributed by atoms with Crippen LogP contribution in [-0.4, -0.2) is 36.1 Å². The second-order valence-corrected chi connectivity index (χ2v) is 3.21.